The van der Waals surface area contributed by atoms with Crippen molar-refractivity contribution in [2.24, 2.45) is 5.73 Å². The van der Waals surface area contributed by atoms with Crippen molar-refractivity contribution in [3.8, 4) is 11.5 Å². The summed E-state index contributed by atoms with van der Waals surface area (Å²) in [7, 11) is 2.84. The average Bonchev–Trinajstić information content (AvgIpc) is 2.46. The van der Waals surface area contributed by atoms with Crippen LogP contribution in [-0.4, -0.2) is 14.2 Å². The molecule has 3 nitrogen and oxygen atoms in total. The van der Waals surface area contributed by atoms with Gasteiger partial charge in [-0.3, -0.25) is 0 Å². The molecule has 0 saturated carbocycles. The van der Waals surface area contributed by atoms with Crippen LogP contribution >= 0.6 is 15.9 Å². The minimum Gasteiger partial charge on any atom is -0.493 e. The van der Waals surface area contributed by atoms with E-state index < -0.39 is 17.7 Å². The molecule has 0 spiro atoms. The summed E-state index contributed by atoms with van der Waals surface area (Å²) in [6.07, 6.45) is 0. The van der Waals surface area contributed by atoms with Crippen LogP contribution in [0.25, 0.3) is 0 Å². The lowest BCUT2D eigenvalue weighted by atomic mass is 9.98. The first kappa shape index (κ1) is 15.7. The lowest BCUT2D eigenvalue weighted by molar-refractivity contribution is 0.351. The van der Waals surface area contributed by atoms with Crippen LogP contribution in [0.2, 0.25) is 0 Å². The van der Waals surface area contributed by atoms with Gasteiger partial charge in [-0.25, -0.2) is 8.78 Å². The second-order valence-corrected chi connectivity index (χ2v) is 5.20. The van der Waals surface area contributed by atoms with Gasteiger partial charge in [0, 0.05) is 21.7 Å². The third-order valence-corrected chi connectivity index (χ3v) is 3.84. The van der Waals surface area contributed by atoms with Gasteiger partial charge in [-0.05, 0) is 18.2 Å². The third-order valence-electron chi connectivity index (χ3n) is 3.15. The Morgan fingerprint density at radius 3 is 2.24 bits per heavy atom. The number of benzene rings is 2. The van der Waals surface area contributed by atoms with E-state index in [1.807, 2.05) is 0 Å². The van der Waals surface area contributed by atoms with Crippen molar-refractivity contribution >= 4 is 15.9 Å². The molecule has 1 unspecified atom stereocenters. The second-order valence-electron chi connectivity index (χ2n) is 4.34. The van der Waals surface area contributed by atoms with Crippen LogP contribution in [-0.2, 0) is 0 Å². The highest BCUT2D eigenvalue weighted by Crippen LogP contribution is 2.36. The monoisotopic (exact) mass is 357 g/mol. The van der Waals surface area contributed by atoms with E-state index in [0.717, 1.165) is 0 Å². The minimum atomic E-state index is -0.972. The lowest BCUT2D eigenvalue weighted by Crippen LogP contribution is -2.16. The van der Waals surface area contributed by atoms with E-state index in [-0.39, 0.29) is 16.9 Å². The molecule has 0 aliphatic rings. The quantitative estimate of drug-likeness (QED) is 0.905. The minimum absolute atomic E-state index is 0.124. The Kier molecular flexibility index (Phi) is 4.80. The molecule has 2 N–H and O–H groups in total. The fourth-order valence-corrected chi connectivity index (χ4v) is 2.66. The predicted molar refractivity (Wildman–Crippen MR) is 79.6 cm³/mol. The maximum Gasteiger partial charge on any atom is 0.163 e. The Labute approximate surface area is 129 Å². The van der Waals surface area contributed by atoms with E-state index >= 15 is 0 Å². The Hall–Kier alpha value is -1.66. The topological polar surface area (TPSA) is 44.5 Å². The van der Waals surface area contributed by atoms with Crippen molar-refractivity contribution in [1.82, 2.24) is 0 Å². The molecule has 21 heavy (non-hydrogen) atoms. The van der Waals surface area contributed by atoms with Crippen LogP contribution in [0, 0.1) is 11.6 Å². The van der Waals surface area contributed by atoms with Crippen LogP contribution in [0.5, 0.6) is 11.5 Å². The van der Waals surface area contributed by atoms with Crippen molar-refractivity contribution in [1.29, 1.82) is 0 Å². The van der Waals surface area contributed by atoms with Crippen molar-refractivity contribution in [3.05, 3.63) is 57.6 Å². The molecule has 0 heterocycles. The molecule has 2 aromatic carbocycles. The van der Waals surface area contributed by atoms with E-state index in [4.69, 9.17) is 15.2 Å². The lowest BCUT2D eigenvalue weighted by Gasteiger charge is -2.18. The molecule has 0 fully saturated rings. The first-order chi connectivity index (χ1) is 9.99. The summed E-state index contributed by atoms with van der Waals surface area (Å²) >= 11 is 3.23. The smallest absolute Gasteiger partial charge is 0.163 e. The summed E-state index contributed by atoms with van der Waals surface area (Å²) in [6.45, 7) is 0. The van der Waals surface area contributed by atoms with Gasteiger partial charge in [-0.1, -0.05) is 22.0 Å². The summed E-state index contributed by atoms with van der Waals surface area (Å²) in [4.78, 5) is 0. The summed E-state index contributed by atoms with van der Waals surface area (Å²) in [6, 6.07) is 6.08. The van der Waals surface area contributed by atoms with Crippen LogP contribution in [0.15, 0.2) is 34.8 Å². The first-order valence-electron chi connectivity index (χ1n) is 6.10. The third kappa shape index (κ3) is 3.01. The van der Waals surface area contributed by atoms with Gasteiger partial charge in [-0.15, -0.1) is 0 Å². The highest BCUT2D eigenvalue weighted by atomic mass is 79.9. The van der Waals surface area contributed by atoms with Crippen LogP contribution in [0.1, 0.15) is 17.2 Å². The zero-order chi connectivity index (χ0) is 15.6. The first-order valence-corrected chi connectivity index (χ1v) is 6.89. The highest BCUT2D eigenvalue weighted by Gasteiger charge is 2.22. The standard InChI is InChI=1S/C15H14BrF2NO2/c1-20-12-6-8(11(18)7-13(12)21-2)15(19)14-9(16)4-3-5-10(14)17/h3-7,15H,19H2,1-2H3. The number of nitrogens with two attached hydrogens (primary N) is 1. The Morgan fingerprint density at radius 2 is 1.67 bits per heavy atom. The number of ether oxygens (including phenoxy) is 2. The number of rotatable bonds is 4. The van der Waals surface area contributed by atoms with E-state index in [9.17, 15) is 8.78 Å². The van der Waals surface area contributed by atoms with Gasteiger partial charge in [0.15, 0.2) is 11.5 Å². The zero-order valence-electron chi connectivity index (χ0n) is 11.5. The van der Waals surface area contributed by atoms with Crippen molar-refractivity contribution in [3.63, 3.8) is 0 Å². The predicted octanol–water partition coefficient (Wildman–Crippen LogP) is 3.79. The van der Waals surface area contributed by atoms with Gasteiger partial charge in [0.05, 0.1) is 20.3 Å². The normalized spacial score (nSPS) is 12.1. The van der Waals surface area contributed by atoms with E-state index in [1.54, 1.807) is 12.1 Å². The summed E-state index contributed by atoms with van der Waals surface area (Å²) in [5, 5.41) is 0. The van der Waals surface area contributed by atoms with Gasteiger partial charge < -0.3 is 15.2 Å². The van der Waals surface area contributed by atoms with E-state index in [0.29, 0.717) is 10.2 Å². The van der Waals surface area contributed by atoms with Crippen LogP contribution in [0.3, 0.4) is 0 Å². The van der Waals surface area contributed by atoms with E-state index in [1.165, 1.54) is 32.4 Å². The average molecular weight is 358 g/mol. The molecule has 0 aliphatic carbocycles. The fraction of sp³-hybridized carbons (Fsp3) is 0.200. The Morgan fingerprint density at radius 1 is 1.05 bits per heavy atom. The summed E-state index contributed by atoms with van der Waals surface area (Å²) in [5.41, 5.74) is 6.34. The molecule has 0 aliphatic heterocycles. The molecule has 0 amide bonds. The second kappa shape index (κ2) is 6.41. The van der Waals surface area contributed by atoms with Crippen molar-refractivity contribution < 1.29 is 18.3 Å². The molecule has 6 heteroatoms. The zero-order valence-corrected chi connectivity index (χ0v) is 13.1. The fourth-order valence-electron chi connectivity index (χ4n) is 2.07. The van der Waals surface area contributed by atoms with Crippen molar-refractivity contribution in [2.75, 3.05) is 14.2 Å². The molecule has 0 radical (unpaired) electrons. The Balaban J connectivity index is 2.56. The number of hydrogen-bond acceptors (Lipinski definition) is 3. The van der Waals surface area contributed by atoms with Crippen LogP contribution in [0.4, 0.5) is 8.78 Å². The van der Waals surface area contributed by atoms with Gasteiger partial charge in [-0.2, -0.15) is 0 Å². The van der Waals surface area contributed by atoms with Gasteiger partial charge in [0.2, 0.25) is 0 Å². The van der Waals surface area contributed by atoms with Gasteiger partial charge in [0.1, 0.15) is 11.6 Å². The van der Waals surface area contributed by atoms with Gasteiger partial charge >= 0.3 is 0 Å². The molecule has 2 aromatic rings. The SMILES string of the molecule is COc1cc(F)c(C(N)c2c(F)cccc2Br)cc1OC. The highest BCUT2D eigenvalue weighted by molar-refractivity contribution is 9.10. The van der Waals surface area contributed by atoms with Crippen LogP contribution < -0.4 is 15.2 Å². The molecule has 0 saturated heterocycles. The number of methoxy groups -OCH3 is 2. The largest absolute Gasteiger partial charge is 0.493 e. The number of halogens is 3. The summed E-state index contributed by atoms with van der Waals surface area (Å²) < 4.78 is 38.8. The Bertz CT molecular complexity index is 644. The molecular weight excluding hydrogens is 344 g/mol. The molecule has 0 bridgehead atoms. The number of hydrogen-bond donors (Lipinski definition) is 1. The molecule has 112 valence electrons. The van der Waals surface area contributed by atoms with Crippen molar-refractivity contribution in [2.45, 2.75) is 6.04 Å². The maximum absolute atomic E-state index is 14.2. The molecule has 1 atom stereocenters. The van der Waals surface area contributed by atoms with E-state index in [2.05, 4.69) is 15.9 Å². The molecule has 2 rings (SSSR count). The molecular formula is C15H14BrF2NO2. The summed E-state index contributed by atoms with van der Waals surface area (Å²) in [5.74, 6) is -0.517. The molecule has 0 aromatic heterocycles. The maximum atomic E-state index is 14.2. The van der Waals surface area contributed by atoms with Gasteiger partial charge in [0.25, 0.3) is 0 Å².